The van der Waals surface area contributed by atoms with Gasteiger partial charge in [-0.2, -0.15) is 0 Å². The molecule has 2 aromatic heterocycles. The smallest absolute Gasteiger partial charge is 0.204 e. The molecule has 50 heavy (non-hydrogen) atoms. The van der Waals surface area contributed by atoms with Crippen LogP contribution in [-0.2, 0) is 32.5 Å². The molecule has 7 nitrogen and oxygen atoms in total. The van der Waals surface area contributed by atoms with Gasteiger partial charge in [-0.1, -0.05) is 94.1 Å². The Labute approximate surface area is 299 Å². The first kappa shape index (κ1) is 36.5. The molecule has 264 valence electrons. The van der Waals surface area contributed by atoms with Gasteiger partial charge >= 0.3 is 0 Å². The predicted octanol–water partition coefficient (Wildman–Crippen LogP) is 10.4. The van der Waals surface area contributed by atoms with Crippen molar-refractivity contribution < 1.29 is 5.11 Å². The SMILES string of the molecule is CCCCCCn1c(CCc2ccccc2O)nc2ccccc21.CCCCn1c(NCc2ccc(N(CC)CC)cc2)nc2ccccc21. The maximum Gasteiger partial charge on any atom is 0.204 e. The van der Waals surface area contributed by atoms with E-state index < -0.39 is 0 Å². The summed E-state index contributed by atoms with van der Waals surface area (Å²) in [5, 5.41) is 13.5. The number of anilines is 2. The first-order valence-corrected chi connectivity index (χ1v) is 18.8. The van der Waals surface area contributed by atoms with Gasteiger partial charge in [-0.3, -0.25) is 0 Å². The first-order chi connectivity index (χ1) is 24.6. The van der Waals surface area contributed by atoms with Crippen LogP contribution in [0.3, 0.4) is 0 Å². The molecule has 0 amide bonds. The molecule has 0 unspecified atom stereocenters. The molecule has 2 heterocycles. The molecule has 6 rings (SSSR count). The fourth-order valence-corrected chi connectivity index (χ4v) is 6.58. The third kappa shape index (κ3) is 9.46. The Morgan fingerprint density at radius 2 is 1.24 bits per heavy atom. The van der Waals surface area contributed by atoms with E-state index in [0.717, 1.165) is 80.4 Å². The van der Waals surface area contributed by atoms with Gasteiger partial charge in [0.15, 0.2) is 0 Å². The van der Waals surface area contributed by atoms with Crippen molar-refractivity contribution in [1.82, 2.24) is 19.1 Å². The lowest BCUT2D eigenvalue weighted by Crippen LogP contribution is -2.21. The maximum atomic E-state index is 9.97. The second-order valence-corrected chi connectivity index (χ2v) is 13.0. The average Bonchev–Trinajstić information content (AvgIpc) is 3.69. The van der Waals surface area contributed by atoms with Crippen LogP contribution in [0.4, 0.5) is 11.6 Å². The number of benzene rings is 4. The van der Waals surface area contributed by atoms with Crippen molar-refractivity contribution in [3.05, 3.63) is 114 Å². The van der Waals surface area contributed by atoms with Gasteiger partial charge in [-0.15, -0.1) is 0 Å². The summed E-state index contributed by atoms with van der Waals surface area (Å²) in [5.41, 5.74) is 8.11. The number of aryl methyl sites for hydroxylation is 4. The molecule has 0 aliphatic heterocycles. The van der Waals surface area contributed by atoms with Crippen molar-refractivity contribution in [3.63, 3.8) is 0 Å². The summed E-state index contributed by atoms with van der Waals surface area (Å²) in [6.45, 7) is 13.7. The summed E-state index contributed by atoms with van der Waals surface area (Å²) in [6.07, 6.45) is 9.00. The Morgan fingerprint density at radius 1 is 0.620 bits per heavy atom. The Balaban J connectivity index is 0.000000195. The van der Waals surface area contributed by atoms with Crippen molar-refractivity contribution >= 4 is 33.7 Å². The van der Waals surface area contributed by atoms with Crippen molar-refractivity contribution in [3.8, 4) is 5.75 Å². The fraction of sp³-hybridized carbons (Fsp3) is 0.395. The number of rotatable bonds is 17. The Kier molecular flexibility index (Phi) is 13.8. The molecule has 4 aromatic carbocycles. The molecule has 0 aliphatic carbocycles. The minimum absolute atomic E-state index is 0.378. The van der Waals surface area contributed by atoms with E-state index in [0.29, 0.717) is 5.75 Å². The van der Waals surface area contributed by atoms with Crippen LogP contribution >= 0.6 is 0 Å². The number of nitrogens with zero attached hydrogens (tertiary/aromatic N) is 5. The number of nitrogens with one attached hydrogen (secondary N) is 1. The summed E-state index contributed by atoms with van der Waals surface area (Å²) in [6, 6.07) is 33.2. The largest absolute Gasteiger partial charge is 0.508 e. The van der Waals surface area contributed by atoms with E-state index in [-0.39, 0.29) is 0 Å². The van der Waals surface area contributed by atoms with Crippen molar-refractivity contribution in [2.45, 2.75) is 98.7 Å². The standard InChI is InChI=1S/C22H30N4.C21H26N2O/c1-4-7-16-26-21-11-9-8-10-20(21)24-22(26)23-17-18-12-14-19(15-13-18)25(5-2)6-3;1-2-3-4-9-16-23-19-12-7-6-11-18(19)22-21(23)15-14-17-10-5-8-13-20(17)24/h8-15H,4-7,16-17H2,1-3H3,(H,23,24);5-8,10-13,24H,2-4,9,14-16H2,1H3. The van der Waals surface area contributed by atoms with Gasteiger partial charge in [-0.05, 0) is 86.7 Å². The molecule has 7 heteroatoms. The Hall–Kier alpha value is -4.78. The van der Waals surface area contributed by atoms with Crippen molar-refractivity contribution in [2.24, 2.45) is 0 Å². The Morgan fingerprint density at radius 3 is 1.92 bits per heavy atom. The molecular formula is C43H56N6O. The zero-order valence-corrected chi connectivity index (χ0v) is 30.6. The summed E-state index contributed by atoms with van der Waals surface area (Å²) in [5.74, 6) is 2.46. The molecule has 0 bridgehead atoms. The van der Waals surface area contributed by atoms with Crippen LogP contribution in [0.25, 0.3) is 22.1 Å². The zero-order valence-electron chi connectivity index (χ0n) is 30.6. The highest BCUT2D eigenvalue weighted by Crippen LogP contribution is 2.23. The van der Waals surface area contributed by atoms with Crippen LogP contribution in [0.2, 0.25) is 0 Å². The molecule has 0 atom stereocenters. The second-order valence-electron chi connectivity index (χ2n) is 13.0. The van der Waals surface area contributed by atoms with Gasteiger partial charge in [0.25, 0.3) is 0 Å². The van der Waals surface area contributed by atoms with Crippen LogP contribution in [0.5, 0.6) is 5.75 Å². The van der Waals surface area contributed by atoms with Crippen LogP contribution in [0.15, 0.2) is 97.1 Å². The van der Waals surface area contributed by atoms with Gasteiger partial charge in [-0.25, -0.2) is 9.97 Å². The molecule has 0 saturated carbocycles. The van der Waals surface area contributed by atoms with Gasteiger partial charge in [0.1, 0.15) is 11.6 Å². The second kappa shape index (κ2) is 18.8. The van der Waals surface area contributed by atoms with Crippen LogP contribution < -0.4 is 10.2 Å². The van der Waals surface area contributed by atoms with E-state index in [2.05, 4.69) is 114 Å². The molecule has 0 fully saturated rings. The number of imidazole rings is 2. The quantitative estimate of drug-likeness (QED) is 0.0944. The number of hydrogen-bond acceptors (Lipinski definition) is 5. The number of aromatic hydroxyl groups is 1. The molecule has 0 spiro atoms. The maximum absolute atomic E-state index is 9.97. The van der Waals surface area contributed by atoms with Crippen molar-refractivity contribution in [2.75, 3.05) is 23.3 Å². The third-order valence-corrected chi connectivity index (χ3v) is 9.48. The highest BCUT2D eigenvalue weighted by Gasteiger charge is 2.12. The number of hydrogen-bond donors (Lipinski definition) is 2. The van der Waals surface area contributed by atoms with Gasteiger partial charge in [0.05, 0.1) is 22.1 Å². The van der Waals surface area contributed by atoms with Crippen LogP contribution in [0, 0.1) is 0 Å². The number of aromatic nitrogens is 4. The number of phenols is 1. The van der Waals surface area contributed by atoms with E-state index in [4.69, 9.17) is 9.97 Å². The van der Waals surface area contributed by atoms with Gasteiger partial charge in [0.2, 0.25) is 5.95 Å². The van der Waals surface area contributed by atoms with E-state index in [1.54, 1.807) is 6.07 Å². The highest BCUT2D eigenvalue weighted by atomic mass is 16.3. The topological polar surface area (TPSA) is 71.1 Å². The number of para-hydroxylation sites is 5. The lowest BCUT2D eigenvalue weighted by Gasteiger charge is -2.21. The lowest BCUT2D eigenvalue weighted by atomic mass is 10.1. The van der Waals surface area contributed by atoms with E-state index in [9.17, 15) is 5.11 Å². The van der Waals surface area contributed by atoms with Crippen molar-refractivity contribution in [1.29, 1.82) is 0 Å². The number of phenolic OH excluding ortho intramolecular Hbond substituents is 1. The van der Waals surface area contributed by atoms with E-state index in [1.165, 1.54) is 54.4 Å². The van der Waals surface area contributed by atoms with Crippen LogP contribution in [-0.4, -0.2) is 37.3 Å². The molecule has 0 radical (unpaired) electrons. The Bertz CT molecular complexity index is 1890. The summed E-state index contributed by atoms with van der Waals surface area (Å²) < 4.78 is 4.67. The van der Waals surface area contributed by atoms with Gasteiger partial charge in [0, 0.05) is 44.8 Å². The van der Waals surface area contributed by atoms with E-state index >= 15 is 0 Å². The third-order valence-electron chi connectivity index (χ3n) is 9.48. The average molecular weight is 673 g/mol. The molecule has 2 N–H and O–H groups in total. The molecule has 0 saturated heterocycles. The zero-order chi connectivity index (χ0) is 35.1. The monoisotopic (exact) mass is 672 g/mol. The fourth-order valence-electron chi connectivity index (χ4n) is 6.58. The summed E-state index contributed by atoms with van der Waals surface area (Å²) in [4.78, 5) is 12.0. The normalized spacial score (nSPS) is 11.1. The van der Waals surface area contributed by atoms with Crippen LogP contribution in [0.1, 0.15) is 83.2 Å². The first-order valence-electron chi connectivity index (χ1n) is 18.8. The lowest BCUT2D eigenvalue weighted by molar-refractivity contribution is 0.467. The minimum atomic E-state index is 0.378. The number of unbranched alkanes of at least 4 members (excludes halogenated alkanes) is 4. The summed E-state index contributed by atoms with van der Waals surface area (Å²) in [7, 11) is 0. The summed E-state index contributed by atoms with van der Waals surface area (Å²) >= 11 is 0. The molecule has 0 aliphatic rings. The number of fused-ring (bicyclic) bond motifs is 2. The molecule has 6 aromatic rings. The predicted molar refractivity (Wildman–Crippen MR) is 211 cm³/mol. The highest BCUT2D eigenvalue weighted by molar-refractivity contribution is 5.78. The minimum Gasteiger partial charge on any atom is -0.508 e. The molecular weight excluding hydrogens is 617 g/mol. The van der Waals surface area contributed by atoms with Gasteiger partial charge < -0.3 is 24.5 Å². The van der Waals surface area contributed by atoms with E-state index in [1.807, 2.05) is 24.3 Å².